The number of anilines is 3. The van der Waals surface area contributed by atoms with Crippen LogP contribution in [0.25, 0.3) is 0 Å². The minimum Gasteiger partial charge on any atom is -0.368 e. The van der Waals surface area contributed by atoms with Crippen molar-refractivity contribution in [3.63, 3.8) is 0 Å². The topological polar surface area (TPSA) is 113 Å². The molecule has 10 heteroatoms. The largest absolute Gasteiger partial charge is 0.368 e. The summed E-state index contributed by atoms with van der Waals surface area (Å²) >= 11 is 1.29. The Kier molecular flexibility index (Phi) is 8.38. The van der Waals surface area contributed by atoms with Gasteiger partial charge in [-0.3, -0.25) is 9.59 Å². The highest BCUT2D eigenvalue weighted by atomic mass is 32.1. The molecule has 2 amide bonds. The normalized spacial score (nSPS) is 17.0. The lowest BCUT2D eigenvalue weighted by Crippen LogP contribution is -2.48. The molecule has 3 heterocycles. The van der Waals surface area contributed by atoms with Gasteiger partial charge in [-0.15, -0.1) is 0 Å². The lowest BCUT2D eigenvalue weighted by atomic mass is 10.0. The van der Waals surface area contributed by atoms with Crippen molar-refractivity contribution in [2.75, 3.05) is 23.3 Å². The Bertz CT molecular complexity index is 1280. The number of aryl methyl sites for hydroxylation is 1. The number of piperidine rings is 1. The third kappa shape index (κ3) is 6.43. The third-order valence-electron chi connectivity index (χ3n) is 6.40. The molecule has 1 aliphatic heterocycles. The van der Waals surface area contributed by atoms with Crippen molar-refractivity contribution in [1.29, 1.82) is 0 Å². The number of nitrogens with zero attached hydrogens (tertiary/aromatic N) is 3. The molecule has 1 saturated carbocycles. The van der Waals surface area contributed by atoms with E-state index in [1.165, 1.54) is 17.6 Å². The number of carbonyl (C=O) groups excluding carboxylic acids is 2. The van der Waals surface area contributed by atoms with E-state index in [9.17, 15) is 14.0 Å². The van der Waals surface area contributed by atoms with E-state index in [0.717, 1.165) is 54.2 Å². The van der Waals surface area contributed by atoms with Gasteiger partial charge in [-0.1, -0.05) is 19.9 Å². The summed E-state index contributed by atoms with van der Waals surface area (Å²) in [6.45, 7) is 7.21. The zero-order valence-corrected chi connectivity index (χ0v) is 22.2. The second-order valence-corrected chi connectivity index (χ2v) is 9.99. The van der Waals surface area contributed by atoms with Gasteiger partial charge >= 0.3 is 0 Å². The number of nitrogens with one attached hydrogen (secondary N) is 2. The fourth-order valence-electron chi connectivity index (χ4n) is 4.45. The van der Waals surface area contributed by atoms with Crippen molar-refractivity contribution < 1.29 is 14.0 Å². The minimum atomic E-state index is -0.626. The molecule has 37 heavy (non-hydrogen) atoms. The van der Waals surface area contributed by atoms with Crippen LogP contribution in [0.2, 0.25) is 0 Å². The molecule has 0 spiro atoms. The molecular formula is C27H33FN6O2S. The first kappa shape index (κ1) is 26.5. The number of nitrogens with two attached hydrogens (primary N) is 1. The Balaban J connectivity index is 0.00000156. The predicted molar refractivity (Wildman–Crippen MR) is 145 cm³/mol. The average Bonchev–Trinajstić information content (AvgIpc) is 3.67. The van der Waals surface area contributed by atoms with E-state index in [4.69, 9.17) is 5.73 Å². The van der Waals surface area contributed by atoms with Gasteiger partial charge in [0.1, 0.15) is 10.8 Å². The quantitative estimate of drug-likeness (QED) is 0.395. The lowest BCUT2D eigenvalue weighted by molar-refractivity contribution is 0.0928. The first-order chi connectivity index (χ1) is 17.9. The van der Waals surface area contributed by atoms with Gasteiger partial charge in [-0.05, 0) is 79.9 Å². The number of pyridine rings is 1. The van der Waals surface area contributed by atoms with Crippen molar-refractivity contribution in [2.45, 2.75) is 58.4 Å². The fourth-order valence-corrected chi connectivity index (χ4v) is 5.13. The summed E-state index contributed by atoms with van der Waals surface area (Å²) in [7, 11) is 0. The molecule has 5 rings (SSSR count). The summed E-state index contributed by atoms with van der Waals surface area (Å²) in [5, 5.41) is 6.97. The second kappa shape index (κ2) is 11.7. The molecule has 8 nitrogen and oxygen atoms in total. The SMILES string of the molecule is CC.Cc1cc(Nc2cc(N3CCC[C@@H](NC(=O)c4ccc(C5CC5)cc4F)C3)cnc2C(N)=O)sn1. The number of hydrogen-bond donors (Lipinski definition) is 3. The van der Waals surface area contributed by atoms with Gasteiger partial charge in [0.05, 0.1) is 28.8 Å². The van der Waals surface area contributed by atoms with Crippen LogP contribution in [0.3, 0.4) is 0 Å². The van der Waals surface area contributed by atoms with Gasteiger partial charge in [-0.2, -0.15) is 4.37 Å². The zero-order chi connectivity index (χ0) is 26.5. The Labute approximate surface area is 220 Å². The molecule has 4 N–H and O–H groups in total. The van der Waals surface area contributed by atoms with Gasteiger partial charge in [0.15, 0.2) is 5.69 Å². The highest BCUT2D eigenvalue weighted by Gasteiger charge is 2.27. The van der Waals surface area contributed by atoms with E-state index in [0.29, 0.717) is 18.2 Å². The van der Waals surface area contributed by atoms with Crippen LogP contribution < -0.4 is 21.3 Å². The maximum Gasteiger partial charge on any atom is 0.269 e. The Morgan fingerprint density at radius 2 is 1.95 bits per heavy atom. The van der Waals surface area contributed by atoms with Crippen LogP contribution in [0, 0.1) is 12.7 Å². The number of hydrogen-bond acceptors (Lipinski definition) is 7. The van der Waals surface area contributed by atoms with Crippen molar-refractivity contribution in [3.05, 3.63) is 64.9 Å². The lowest BCUT2D eigenvalue weighted by Gasteiger charge is -2.35. The van der Waals surface area contributed by atoms with Gasteiger partial charge in [0.2, 0.25) is 0 Å². The number of primary amides is 1. The van der Waals surface area contributed by atoms with Crippen molar-refractivity contribution in [1.82, 2.24) is 14.7 Å². The molecule has 1 atom stereocenters. The van der Waals surface area contributed by atoms with Crippen LogP contribution >= 0.6 is 11.5 Å². The monoisotopic (exact) mass is 524 g/mol. The number of carbonyl (C=O) groups is 2. The highest BCUT2D eigenvalue weighted by Crippen LogP contribution is 2.40. The maximum absolute atomic E-state index is 14.6. The molecular weight excluding hydrogens is 491 g/mol. The molecule has 3 aromatic rings. The van der Waals surface area contributed by atoms with Crippen LogP contribution in [0.1, 0.15) is 77.6 Å². The molecule has 0 radical (unpaired) electrons. The molecule has 1 saturated heterocycles. The predicted octanol–water partition coefficient (Wildman–Crippen LogP) is 5.13. The summed E-state index contributed by atoms with van der Waals surface area (Å²) in [4.78, 5) is 31.1. The summed E-state index contributed by atoms with van der Waals surface area (Å²) < 4.78 is 18.8. The maximum atomic E-state index is 14.6. The fraction of sp³-hybridized carbons (Fsp3) is 0.407. The van der Waals surface area contributed by atoms with Gasteiger partial charge in [0, 0.05) is 19.1 Å². The smallest absolute Gasteiger partial charge is 0.269 e. The summed E-state index contributed by atoms with van der Waals surface area (Å²) in [6, 6.07) is 8.51. The van der Waals surface area contributed by atoms with Crippen LogP contribution in [0.15, 0.2) is 36.5 Å². The van der Waals surface area contributed by atoms with Gasteiger partial charge < -0.3 is 21.3 Å². The Morgan fingerprint density at radius 3 is 2.59 bits per heavy atom. The van der Waals surface area contributed by atoms with Crippen LogP contribution in [0.4, 0.5) is 20.8 Å². The van der Waals surface area contributed by atoms with E-state index in [1.54, 1.807) is 12.3 Å². The number of amides is 2. The van der Waals surface area contributed by atoms with E-state index < -0.39 is 17.6 Å². The van der Waals surface area contributed by atoms with Gasteiger partial charge in [-0.25, -0.2) is 9.37 Å². The molecule has 2 aliphatic rings. The minimum absolute atomic E-state index is 0.0744. The zero-order valence-electron chi connectivity index (χ0n) is 21.4. The third-order valence-corrected chi connectivity index (χ3v) is 7.20. The molecule has 0 bridgehead atoms. The summed E-state index contributed by atoms with van der Waals surface area (Å²) in [5.74, 6) is -1.07. The number of halogens is 1. The average molecular weight is 525 g/mol. The van der Waals surface area contributed by atoms with E-state index in [1.807, 2.05) is 39.0 Å². The molecule has 196 valence electrons. The standard InChI is InChI=1S/C25H27FN6O2S.C2H6/c1-14-9-22(35-31-14)30-21-11-18(12-28-23(21)24(27)33)32-8-2-3-17(13-32)29-25(34)19-7-6-16(10-20(19)26)15-4-5-15;1-2/h6-7,9-12,15,17,30H,2-5,8,13H2,1H3,(H2,27,33)(H,29,34);1-2H3/t17-;/m1./s1. The summed E-state index contributed by atoms with van der Waals surface area (Å²) in [5.41, 5.74) is 8.89. The molecule has 2 fully saturated rings. The second-order valence-electron chi connectivity index (χ2n) is 9.18. The van der Waals surface area contributed by atoms with Crippen LogP contribution in [-0.4, -0.2) is 40.3 Å². The first-order valence-corrected chi connectivity index (χ1v) is 13.5. The number of benzene rings is 1. The van der Waals surface area contributed by atoms with Crippen LogP contribution in [0.5, 0.6) is 0 Å². The molecule has 1 aliphatic carbocycles. The molecule has 0 unspecified atom stereocenters. The van der Waals surface area contributed by atoms with Crippen molar-refractivity contribution >= 4 is 39.7 Å². The number of aromatic nitrogens is 2. The number of rotatable bonds is 7. The Morgan fingerprint density at radius 1 is 1.16 bits per heavy atom. The van der Waals surface area contributed by atoms with E-state index >= 15 is 0 Å². The van der Waals surface area contributed by atoms with E-state index in [2.05, 4.69) is 24.9 Å². The highest BCUT2D eigenvalue weighted by molar-refractivity contribution is 7.10. The van der Waals surface area contributed by atoms with Crippen molar-refractivity contribution in [3.8, 4) is 0 Å². The van der Waals surface area contributed by atoms with Crippen molar-refractivity contribution in [2.24, 2.45) is 5.73 Å². The van der Waals surface area contributed by atoms with E-state index in [-0.39, 0.29) is 17.3 Å². The molecule has 2 aromatic heterocycles. The van der Waals surface area contributed by atoms with Crippen LogP contribution in [-0.2, 0) is 0 Å². The first-order valence-electron chi connectivity index (χ1n) is 12.7. The van der Waals surface area contributed by atoms with Gasteiger partial charge in [0.25, 0.3) is 11.8 Å². The Hall–Kier alpha value is -3.53. The summed E-state index contributed by atoms with van der Waals surface area (Å²) in [6.07, 6.45) is 5.42. The molecule has 1 aromatic carbocycles.